The minimum atomic E-state index is -1.04. The van der Waals surface area contributed by atoms with Crippen LogP contribution in [0, 0.1) is 11.6 Å². The maximum absolute atomic E-state index is 12.9. The van der Waals surface area contributed by atoms with Gasteiger partial charge in [-0.05, 0) is 23.6 Å². The highest BCUT2D eigenvalue weighted by atomic mass is 19.2. The molecule has 1 aromatic carbocycles. The predicted molar refractivity (Wildman–Crippen MR) is 49.9 cm³/mol. The molecule has 0 amide bonds. The van der Waals surface area contributed by atoms with Gasteiger partial charge in [0.2, 0.25) is 0 Å². The minimum Gasteiger partial charge on any atom is -0.396 e. The van der Waals surface area contributed by atoms with Crippen molar-refractivity contribution in [3.05, 3.63) is 29.3 Å². The number of aldehydes is 1. The van der Waals surface area contributed by atoms with Crippen LogP contribution >= 0.6 is 0 Å². The fourth-order valence-electron chi connectivity index (χ4n) is 1.20. The van der Waals surface area contributed by atoms with Crippen LogP contribution in [-0.4, -0.2) is 6.29 Å². The molecule has 0 saturated carbocycles. The molecular weight excluding hydrogens is 188 g/mol. The second-order valence-corrected chi connectivity index (χ2v) is 3.21. The standard InChI is InChI=1S/C10H11F2NO/c1-6(2-3-14)7-4-8(11)10(12)9(13)5-7/h3-6H,2,13H2,1H3. The maximum Gasteiger partial charge on any atom is 0.181 e. The highest BCUT2D eigenvalue weighted by molar-refractivity contribution is 5.52. The summed E-state index contributed by atoms with van der Waals surface area (Å²) >= 11 is 0. The highest BCUT2D eigenvalue weighted by Crippen LogP contribution is 2.24. The van der Waals surface area contributed by atoms with E-state index in [9.17, 15) is 13.6 Å². The molecule has 2 nitrogen and oxygen atoms in total. The van der Waals surface area contributed by atoms with Crippen molar-refractivity contribution in [3.8, 4) is 0 Å². The molecule has 0 fully saturated rings. The lowest BCUT2D eigenvalue weighted by Crippen LogP contribution is -2.01. The summed E-state index contributed by atoms with van der Waals surface area (Å²) in [5, 5.41) is 0. The van der Waals surface area contributed by atoms with Gasteiger partial charge in [-0.25, -0.2) is 8.78 Å². The first-order chi connectivity index (χ1) is 6.56. The van der Waals surface area contributed by atoms with E-state index in [-0.39, 0.29) is 18.0 Å². The number of benzene rings is 1. The van der Waals surface area contributed by atoms with Crippen molar-refractivity contribution in [2.45, 2.75) is 19.3 Å². The van der Waals surface area contributed by atoms with Crippen LogP contribution in [-0.2, 0) is 4.79 Å². The van der Waals surface area contributed by atoms with Gasteiger partial charge in [-0.3, -0.25) is 0 Å². The van der Waals surface area contributed by atoms with Gasteiger partial charge in [0.05, 0.1) is 5.69 Å². The van der Waals surface area contributed by atoms with Crippen LogP contribution in [0.4, 0.5) is 14.5 Å². The van der Waals surface area contributed by atoms with Crippen LogP contribution in [0.2, 0.25) is 0 Å². The second kappa shape index (κ2) is 4.17. The zero-order valence-corrected chi connectivity index (χ0v) is 7.76. The smallest absolute Gasteiger partial charge is 0.181 e. The number of nitrogen functional groups attached to an aromatic ring is 1. The zero-order valence-electron chi connectivity index (χ0n) is 7.76. The summed E-state index contributed by atoms with van der Waals surface area (Å²) in [7, 11) is 0. The van der Waals surface area contributed by atoms with Crippen LogP contribution in [0.1, 0.15) is 24.8 Å². The van der Waals surface area contributed by atoms with E-state index in [1.165, 1.54) is 6.07 Å². The van der Waals surface area contributed by atoms with Gasteiger partial charge in [-0.1, -0.05) is 6.92 Å². The molecule has 0 aliphatic carbocycles. The van der Waals surface area contributed by atoms with Gasteiger partial charge in [0, 0.05) is 6.42 Å². The van der Waals surface area contributed by atoms with E-state index in [0.29, 0.717) is 5.56 Å². The third kappa shape index (κ3) is 2.07. The quantitative estimate of drug-likeness (QED) is 0.599. The van der Waals surface area contributed by atoms with Gasteiger partial charge in [0.1, 0.15) is 6.29 Å². The molecule has 0 bridgehead atoms. The van der Waals surface area contributed by atoms with Crippen molar-refractivity contribution in [3.63, 3.8) is 0 Å². The first-order valence-electron chi connectivity index (χ1n) is 4.24. The molecule has 4 heteroatoms. The zero-order chi connectivity index (χ0) is 10.7. The van der Waals surface area contributed by atoms with Crippen molar-refractivity contribution < 1.29 is 13.6 Å². The number of halogens is 2. The summed E-state index contributed by atoms with van der Waals surface area (Å²) in [5.41, 5.74) is 5.56. The van der Waals surface area contributed by atoms with Crippen LogP contribution in [0.5, 0.6) is 0 Å². The fourth-order valence-corrected chi connectivity index (χ4v) is 1.20. The fraction of sp³-hybridized carbons (Fsp3) is 0.300. The van der Waals surface area contributed by atoms with E-state index < -0.39 is 11.6 Å². The van der Waals surface area contributed by atoms with Gasteiger partial charge < -0.3 is 10.5 Å². The number of anilines is 1. The summed E-state index contributed by atoms with van der Waals surface area (Å²) in [4.78, 5) is 10.2. The average molecular weight is 199 g/mol. The summed E-state index contributed by atoms with van der Waals surface area (Å²) in [5.74, 6) is -2.16. The molecule has 1 rings (SSSR count). The lowest BCUT2D eigenvalue weighted by molar-refractivity contribution is -0.108. The second-order valence-electron chi connectivity index (χ2n) is 3.21. The maximum atomic E-state index is 12.9. The molecule has 0 aliphatic heterocycles. The van der Waals surface area contributed by atoms with Crippen LogP contribution in [0.3, 0.4) is 0 Å². The number of hydrogen-bond acceptors (Lipinski definition) is 2. The Hall–Kier alpha value is -1.45. The van der Waals surface area contributed by atoms with Gasteiger partial charge in [0.25, 0.3) is 0 Å². The van der Waals surface area contributed by atoms with Gasteiger partial charge in [-0.2, -0.15) is 0 Å². The summed E-state index contributed by atoms with van der Waals surface area (Å²) in [6.07, 6.45) is 1.01. The number of rotatable bonds is 3. The molecule has 0 aliphatic rings. The molecule has 0 heterocycles. The van der Waals surface area contributed by atoms with Crippen molar-refractivity contribution in [1.82, 2.24) is 0 Å². The van der Waals surface area contributed by atoms with E-state index in [1.54, 1.807) is 6.92 Å². The van der Waals surface area contributed by atoms with Gasteiger partial charge in [-0.15, -0.1) is 0 Å². The lowest BCUT2D eigenvalue weighted by atomic mass is 9.98. The van der Waals surface area contributed by atoms with E-state index in [2.05, 4.69) is 0 Å². The Bertz CT molecular complexity index is 329. The van der Waals surface area contributed by atoms with Crippen LogP contribution in [0.15, 0.2) is 12.1 Å². The molecule has 0 aromatic heterocycles. The van der Waals surface area contributed by atoms with Crippen LogP contribution in [0.25, 0.3) is 0 Å². The Balaban J connectivity index is 3.05. The summed E-state index contributed by atoms with van der Waals surface area (Å²) < 4.78 is 25.7. The molecule has 14 heavy (non-hydrogen) atoms. The molecule has 2 N–H and O–H groups in total. The Kier molecular flexibility index (Phi) is 3.17. The molecule has 0 saturated heterocycles. The summed E-state index contributed by atoms with van der Waals surface area (Å²) in [6.45, 7) is 1.75. The largest absolute Gasteiger partial charge is 0.396 e. The van der Waals surface area contributed by atoms with Crippen molar-refractivity contribution in [1.29, 1.82) is 0 Å². The van der Waals surface area contributed by atoms with Gasteiger partial charge >= 0.3 is 0 Å². The van der Waals surface area contributed by atoms with Crippen molar-refractivity contribution >= 4 is 12.0 Å². The van der Waals surface area contributed by atoms with E-state index >= 15 is 0 Å². The third-order valence-corrected chi connectivity index (χ3v) is 2.10. The number of hydrogen-bond donors (Lipinski definition) is 1. The Morgan fingerprint density at radius 3 is 2.64 bits per heavy atom. The first kappa shape index (κ1) is 10.6. The number of carbonyl (C=O) groups is 1. The predicted octanol–water partition coefficient (Wildman–Crippen LogP) is 2.24. The normalized spacial score (nSPS) is 12.5. The van der Waals surface area contributed by atoms with E-state index in [1.807, 2.05) is 0 Å². The topological polar surface area (TPSA) is 43.1 Å². The highest BCUT2D eigenvalue weighted by Gasteiger charge is 2.12. The number of nitrogens with two attached hydrogens (primary N) is 1. The molecule has 1 atom stereocenters. The molecule has 0 spiro atoms. The Labute approximate surface area is 80.7 Å². The average Bonchev–Trinajstić information content (AvgIpc) is 2.13. The lowest BCUT2D eigenvalue weighted by Gasteiger charge is -2.09. The van der Waals surface area contributed by atoms with Gasteiger partial charge in [0.15, 0.2) is 11.6 Å². The molecular formula is C10H11F2NO. The minimum absolute atomic E-state index is 0.148. The van der Waals surface area contributed by atoms with Crippen molar-refractivity contribution in [2.24, 2.45) is 0 Å². The van der Waals surface area contributed by atoms with E-state index in [4.69, 9.17) is 5.73 Å². The molecule has 1 unspecified atom stereocenters. The first-order valence-corrected chi connectivity index (χ1v) is 4.24. The Morgan fingerprint density at radius 2 is 2.14 bits per heavy atom. The van der Waals surface area contributed by atoms with E-state index in [0.717, 1.165) is 12.4 Å². The Morgan fingerprint density at radius 1 is 1.50 bits per heavy atom. The third-order valence-electron chi connectivity index (χ3n) is 2.10. The van der Waals surface area contributed by atoms with Crippen LogP contribution < -0.4 is 5.73 Å². The summed E-state index contributed by atoms with van der Waals surface area (Å²) in [6, 6.07) is 2.42. The SMILES string of the molecule is CC(CC=O)c1cc(N)c(F)c(F)c1. The molecule has 1 aromatic rings. The number of carbonyl (C=O) groups excluding carboxylic acids is 1. The molecule has 0 radical (unpaired) electrons. The molecule has 76 valence electrons. The van der Waals surface area contributed by atoms with Crippen molar-refractivity contribution in [2.75, 3.05) is 5.73 Å². The monoisotopic (exact) mass is 199 g/mol.